The molecule has 1 saturated carbocycles. The summed E-state index contributed by atoms with van der Waals surface area (Å²) in [5, 5.41) is 0. The van der Waals surface area contributed by atoms with Gasteiger partial charge in [-0.2, -0.15) is 0 Å². The van der Waals surface area contributed by atoms with Gasteiger partial charge in [-0.05, 0) is 31.4 Å². The smallest absolute Gasteiger partial charge is 0.341 e. The van der Waals surface area contributed by atoms with Crippen molar-refractivity contribution in [2.45, 2.75) is 38.0 Å². The van der Waals surface area contributed by atoms with Crippen molar-refractivity contribution in [1.82, 2.24) is 9.97 Å². The van der Waals surface area contributed by atoms with E-state index in [4.69, 9.17) is 4.74 Å². The number of benzene rings is 1. The van der Waals surface area contributed by atoms with Crippen LogP contribution in [0.2, 0.25) is 0 Å². The summed E-state index contributed by atoms with van der Waals surface area (Å²) in [7, 11) is 0. The van der Waals surface area contributed by atoms with Gasteiger partial charge in [0.25, 0.3) is 0 Å². The molecule has 2 aromatic rings. The fourth-order valence-electron chi connectivity index (χ4n) is 3.13. The molecule has 1 aliphatic carbocycles. The van der Waals surface area contributed by atoms with E-state index in [2.05, 4.69) is 9.97 Å². The first-order valence-corrected chi connectivity index (χ1v) is 7.98. The molecule has 24 heavy (non-hydrogen) atoms. The molecule has 0 amide bonds. The van der Waals surface area contributed by atoms with Gasteiger partial charge >= 0.3 is 5.97 Å². The van der Waals surface area contributed by atoms with Crippen LogP contribution in [-0.2, 0) is 16.6 Å². The molecule has 1 aliphatic rings. The zero-order chi connectivity index (χ0) is 17.2. The number of esters is 1. The van der Waals surface area contributed by atoms with Crippen LogP contribution in [0.5, 0.6) is 0 Å². The summed E-state index contributed by atoms with van der Waals surface area (Å²) in [5.41, 5.74) is 0.185. The number of rotatable bonds is 5. The summed E-state index contributed by atoms with van der Waals surface area (Å²) in [4.78, 5) is 20.0. The number of nitrogens with zero attached hydrogens (tertiary/aromatic N) is 2. The van der Waals surface area contributed by atoms with Crippen molar-refractivity contribution in [3.63, 3.8) is 0 Å². The van der Waals surface area contributed by atoms with Crippen molar-refractivity contribution in [3.8, 4) is 0 Å². The van der Waals surface area contributed by atoms with Crippen molar-refractivity contribution in [1.29, 1.82) is 0 Å². The first-order chi connectivity index (χ1) is 11.6. The van der Waals surface area contributed by atoms with Crippen molar-refractivity contribution in [2.24, 2.45) is 0 Å². The molecule has 0 atom stereocenters. The first kappa shape index (κ1) is 16.5. The summed E-state index contributed by atoms with van der Waals surface area (Å²) in [6.45, 7) is 2.00. The molecule has 0 radical (unpaired) electrons. The Bertz CT molecular complexity index is 743. The second kappa shape index (κ2) is 6.63. The fourth-order valence-corrected chi connectivity index (χ4v) is 3.13. The Balaban J connectivity index is 1.83. The molecule has 0 spiro atoms. The minimum Gasteiger partial charge on any atom is -0.462 e. The molecule has 1 aromatic heterocycles. The average molecular weight is 332 g/mol. The van der Waals surface area contributed by atoms with Crippen LogP contribution in [0.1, 0.15) is 47.9 Å². The number of ether oxygens (including phenoxy) is 1. The summed E-state index contributed by atoms with van der Waals surface area (Å²) in [5.74, 6) is -1.59. The molecule has 0 bridgehead atoms. The standard InChI is InChI=1S/C18H18F2N2O2/c1-2-24-17(23)12-10-21-15(22-11-12)9-18(7-4-8-18)13-5-3-6-14(19)16(13)20/h3,5-6,10-11H,2,4,7-9H2,1H3. The van der Waals surface area contributed by atoms with Crippen LogP contribution in [0.15, 0.2) is 30.6 Å². The Morgan fingerprint density at radius 3 is 2.54 bits per heavy atom. The van der Waals surface area contributed by atoms with E-state index in [0.29, 0.717) is 17.8 Å². The zero-order valence-corrected chi connectivity index (χ0v) is 13.4. The van der Waals surface area contributed by atoms with Crippen LogP contribution in [0, 0.1) is 11.6 Å². The molecule has 1 heterocycles. The van der Waals surface area contributed by atoms with Gasteiger partial charge in [-0.15, -0.1) is 0 Å². The molecular formula is C18H18F2N2O2. The summed E-state index contributed by atoms with van der Waals surface area (Å²) >= 11 is 0. The quantitative estimate of drug-likeness (QED) is 0.785. The van der Waals surface area contributed by atoms with E-state index in [9.17, 15) is 13.6 Å². The lowest BCUT2D eigenvalue weighted by Crippen LogP contribution is -2.38. The number of halogens is 2. The molecule has 6 heteroatoms. The lowest BCUT2D eigenvalue weighted by molar-refractivity contribution is 0.0525. The van der Waals surface area contributed by atoms with Crippen LogP contribution >= 0.6 is 0 Å². The van der Waals surface area contributed by atoms with E-state index in [0.717, 1.165) is 25.3 Å². The molecule has 4 nitrogen and oxygen atoms in total. The fraction of sp³-hybridized carbons (Fsp3) is 0.389. The maximum atomic E-state index is 14.2. The number of hydrogen-bond donors (Lipinski definition) is 0. The lowest BCUT2D eigenvalue weighted by atomic mass is 9.62. The van der Waals surface area contributed by atoms with Gasteiger partial charge < -0.3 is 4.74 Å². The third-order valence-corrected chi connectivity index (χ3v) is 4.55. The third-order valence-electron chi connectivity index (χ3n) is 4.55. The highest BCUT2D eigenvalue weighted by Gasteiger charge is 2.42. The van der Waals surface area contributed by atoms with E-state index in [-0.39, 0.29) is 12.2 Å². The van der Waals surface area contributed by atoms with E-state index < -0.39 is 23.0 Å². The van der Waals surface area contributed by atoms with Crippen molar-refractivity contribution in [3.05, 3.63) is 59.2 Å². The average Bonchev–Trinajstić information content (AvgIpc) is 2.55. The maximum absolute atomic E-state index is 14.2. The van der Waals surface area contributed by atoms with E-state index >= 15 is 0 Å². The highest BCUT2D eigenvalue weighted by Crippen LogP contribution is 2.46. The van der Waals surface area contributed by atoms with Crippen molar-refractivity contribution in [2.75, 3.05) is 6.61 Å². The summed E-state index contributed by atoms with van der Waals surface area (Å²) < 4.78 is 32.7. The highest BCUT2D eigenvalue weighted by molar-refractivity contribution is 5.88. The second-order valence-electron chi connectivity index (χ2n) is 6.02. The summed E-state index contributed by atoms with van der Waals surface area (Å²) in [6, 6.07) is 4.28. The largest absolute Gasteiger partial charge is 0.462 e. The van der Waals surface area contributed by atoms with Gasteiger partial charge in [0, 0.05) is 24.2 Å². The number of aromatic nitrogens is 2. The van der Waals surface area contributed by atoms with Gasteiger partial charge in [0.1, 0.15) is 5.82 Å². The Hall–Kier alpha value is -2.37. The van der Waals surface area contributed by atoms with Gasteiger partial charge in [-0.1, -0.05) is 18.6 Å². The predicted octanol–water partition coefficient (Wildman–Crippen LogP) is 3.60. The normalized spacial score (nSPS) is 15.6. The van der Waals surface area contributed by atoms with E-state index in [1.54, 1.807) is 13.0 Å². The summed E-state index contributed by atoms with van der Waals surface area (Å²) in [6.07, 6.45) is 5.71. The van der Waals surface area contributed by atoms with Crippen LogP contribution in [-0.4, -0.2) is 22.5 Å². The van der Waals surface area contributed by atoms with Crippen molar-refractivity contribution < 1.29 is 18.3 Å². The number of carbonyl (C=O) groups is 1. The van der Waals surface area contributed by atoms with Gasteiger partial charge in [-0.25, -0.2) is 23.5 Å². The van der Waals surface area contributed by atoms with Crippen LogP contribution in [0.25, 0.3) is 0 Å². The molecule has 3 rings (SSSR count). The van der Waals surface area contributed by atoms with Crippen LogP contribution in [0.4, 0.5) is 8.78 Å². The molecule has 1 aromatic carbocycles. The molecule has 1 fully saturated rings. The molecule has 126 valence electrons. The molecule has 0 N–H and O–H groups in total. The topological polar surface area (TPSA) is 52.1 Å². The lowest BCUT2D eigenvalue weighted by Gasteiger charge is -2.42. The molecular weight excluding hydrogens is 314 g/mol. The van der Waals surface area contributed by atoms with Gasteiger partial charge in [0.2, 0.25) is 0 Å². The molecule has 0 unspecified atom stereocenters. The minimum absolute atomic E-state index is 0.278. The Labute approximate surface area is 138 Å². The van der Waals surface area contributed by atoms with E-state index in [1.165, 1.54) is 18.5 Å². The van der Waals surface area contributed by atoms with Gasteiger partial charge in [0.05, 0.1) is 12.2 Å². The first-order valence-electron chi connectivity index (χ1n) is 7.98. The SMILES string of the molecule is CCOC(=O)c1cnc(CC2(c3cccc(F)c3F)CCC2)nc1. The van der Waals surface area contributed by atoms with Crippen LogP contribution in [0.3, 0.4) is 0 Å². The predicted molar refractivity (Wildman–Crippen MR) is 83.6 cm³/mol. The highest BCUT2D eigenvalue weighted by atomic mass is 19.2. The number of carbonyl (C=O) groups excluding carboxylic acids is 1. The molecule has 0 saturated heterocycles. The Morgan fingerprint density at radius 1 is 1.25 bits per heavy atom. The number of hydrogen-bond acceptors (Lipinski definition) is 4. The van der Waals surface area contributed by atoms with Crippen molar-refractivity contribution >= 4 is 5.97 Å². The van der Waals surface area contributed by atoms with Gasteiger partial charge in [-0.3, -0.25) is 0 Å². The van der Waals surface area contributed by atoms with E-state index in [1.807, 2.05) is 0 Å². The third kappa shape index (κ3) is 3.00. The van der Waals surface area contributed by atoms with Crippen LogP contribution < -0.4 is 0 Å². The van der Waals surface area contributed by atoms with Gasteiger partial charge in [0.15, 0.2) is 11.6 Å². The Morgan fingerprint density at radius 2 is 1.96 bits per heavy atom. The minimum atomic E-state index is -0.836. The zero-order valence-electron chi connectivity index (χ0n) is 13.4. The monoisotopic (exact) mass is 332 g/mol. The maximum Gasteiger partial charge on any atom is 0.341 e. The Kier molecular flexibility index (Phi) is 4.55. The molecule has 0 aliphatic heterocycles. The second-order valence-corrected chi connectivity index (χ2v) is 6.02.